The van der Waals surface area contributed by atoms with Crippen molar-refractivity contribution in [1.82, 2.24) is 9.80 Å². The van der Waals surface area contributed by atoms with Gasteiger partial charge in [0.05, 0.1) is 12.8 Å². The molecule has 2 N–H and O–H groups in total. The summed E-state index contributed by atoms with van der Waals surface area (Å²) in [6.45, 7) is 3.02. The maximum atomic E-state index is 9.75. The molecule has 0 saturated heterocycles. The highest BCUT2D eigenvalue weighted by Crippen LogP contribution is 2.07. The van der Waals surface area contributed by atoms with Gasteiger partial charge in [0.25, 0.3) is 0 Å². The van der Waals surface area contributed by atoms with Gasteiger partial charge >= 0.3 is 7.25 Å². The van der Waals surface area contributed by atoms with E-state index >= 15 is 0 Å². The van der Waals surface area contributed by atoms with E-state index in [0.29, 0.717) is 0 Å². The van der Waals surface area contributed by atoms with Crippen molar-refractivity contribution in [2.45, 2.75) is 19.5 Å². The van der Waals surface area contributed by atoms with Crippen LogP contribution in [0.4, 0.5) is 17.3 Å². The summed E-state index contributed by atoms with van der Waals surface area (Å²) in [5.41, 5.74) is 5.79. The maximum Gasteiger partial charge on any atom is 0.673 e. The van der Waals surface area contributed by atoms with E-state index in [4.69, 9.17) is 5.73 Å². The minimum Gasteiger partial charge on any atom is -0.418 e. The normalized spacial score (nSPS) is 17.5. The average Bonchev–Trinajstić information content (AvgIpc) is 2.47. The lowest BCUT2D eigenvalue weighted by Gasteiger charge is -2.23. The van der Waals surface area contributed by atoms with Crippen LogP contribution in [0.3, 0.4) is 0 Å². The fourth-order valence-corrected chi connectivity index (χ4v) is 1.00. The van der Waals surface area contributed by atoms with Gasteiger partial charge in [-0.3, -0.25) is 0 Å². The summed E-state index contributed by atoms with van der Waals surface area (Å²) in [4.78, 5) is 4.23. The van der Waals surface area contributed by atoms with Crippen molar-refractivity contribution >= 4 is 7.25 Å². The number of nitrogens with two attached hydrogens (primary N) is 1. The molecule has 0 spiro atoms. The minimum absolute atomic E-state index is 0.182. The van der Waals surface area contributed by atoms with Crippen LogP contribution in [-0.2, 0) is 0 Å². The quantitative estimate of drug-likeness (QED) is 0.576. The van der Waals surface area contributed by atoms with Crippen LogP contribution in [0.1, 0.15) is 13.3 Å². The molecule has 3 nitrogen and oxygen atoms in total. The predicted molar refractivity (Wildman–Crippen MR) is 52.1 cm³/mol. The first kappa shape index (κ1) is 14.1. The molecule has 8 heteroatoms. The molecule has 0 fully saturated rings. The molecule has 0 saturated carbocycles. The maximum absolute atomic E-state index is 9.75. The third-order valence-corrected chi connectivity index (χ3v) is 1.74. The molecule has 90 valence electrons. The smallest absolute Gasteiger partial charge is 0.418 e. The molecule has 1 atom stereocenters. The summed E-state index contributed by atoms with van der Waals surface area (Å²) >= 11 is 0. The van der Waals surface area contributed by atoms with Gasteiger partial charge in [-0.05, 0) is 6.42 Å². The third kappa shape index (κ3) is 8.10. The van der Waals surface area contributed by atoms with Gasteiger partial charge in [0.1, 0.15) is 0 Å². The van der Waals surface area contributed by atoms with Gasteiger partial charge in [0, 0.05) is 19.4 Å². The van der Waals surface area contributed by atoms with Crippen molar-refractivity contribution in [2.24, 2.45) is 5.73 Å². The lowest BCUT2D eigenvalue weighted by molar-refractivity contribution is 0.229. The number of hydrogen-bond donors (Lipinski definition) is 1. The molecule has 0 aliphatic carbocycles. The van der Waals surface area contributed by atoms with Gasteiger partial charge in [-0.2, -0.15) is 0 Å². The molecule has 0 radical (unpaired) electrons. The largest absolute Gasteiger partial charge is 0.673 e. The number of hydrogen-bond acceptors (Lipinski definition) is 3. The van der Waals surface area contributed by atoms with Crippen molar-refractivity contribution in [3.05, 3.63) is 12.4 Å². The van der Waals surface area contributed by atoms with Crippen LogP contribution < -0.4 is 5.73 Å². The fraction of sp³-hybridized carbons (Fsp3) is 0.714. The first-order valence-corrected chi connectivity index (χ1v) is 4.51. The van der Waals surface area contributed by atoms with Crippen molar-refractivity contribution in [2.75, 3.05) is 13.7 Å². The van der Waals surface area contributed by atoms with Crippen LogP contribution in [0.15, 0.2) is 12.4 Å². The molecule has 0 amide bonds. The summed E-state index contributed by atoms with van der Waals surface area (Å²) in [6.07, 6.45) is 5.25. The summed E-state index contributed by atoms with van der Waals surface area (Å²) in [5.74, 6) is 0. The summed E-state index contributed by atoms with van der Waals surface area (Å²) in [7, 11) is -3.96. The Bertz CT molecular complexity index is 203. The van der Waals surface area contributed by atoms with Crippen molar-refractivity contribution in [3.63, 3.8) is 0 Å². The fourth-order valence-electron chi connectivity index (χ4n) is 1.00. The zero-order valence-electron chi connectivity index (χ0n) is 8.71. The van der Waals surface area contributed by atoms with Crippen molar-refractivity contribution < 1.29 is 17.3 Å². The Labute approximate surface area is 86.6 Å². The van der Waals surface area contributed by atoms with Gasteiger partial charge in [-0.1, -0.05) is 6.92 Å². The van der Waals surface area contributed by atoms with Gasteiger partial charge < -0.3 is 32.8 Å². The van der Waals surface area contributed by atoms with E-state index in [2.05, 4.69) is 16.7 Å². The van der Waals surface area contributed by atoms with Crippen molar-refractivity contribution in [1.29, 1.82) is 0 Å². The van der Waals surface area contributed by atoms with Gasteiger partial charge in [0.15, 0.2) is 0 Å². The summed E-state index contributed by atoms with van der Waals surface area (Å²) in [5, 5.41) is 0. The second-order valence-corrected chi connectivity index (χ2v) is 3.18. The van der Waals surface area contributed by atoms with Crippen LogP contribution in [0, 0.1) is 0 Å². The molecule has 0 aromatic heterocycles. The molecule has 1 aliphatic rings. The lowest BCUT2D eigenvalue weighted by atomic mass is 10.3. The van der Waals surface area contributed by atoms with Gasteiger partial charge in [-0.15, -0.1) is 0 Å². The standard InChI is InChI=1S/C7H15N3.BF4/c1-3-7(8)10-5-4-9(2)6-10;2-1(3,4)5/h4-5,7H,3,6,8H2,1-2H3;/q;-1. The SMILES string of the molecule is CCC(N)N1C=CN(C)C1.F[B-](F)(F)F. The first-order chi connectivity index (χ1) is 6.74. The zero-order chi connectivity index (χ0) is 12.1. The Hall–Kier alpha value is -0.915. The average molecular weight is 228 g/mol. The predicted octanol–water partition coefficient (Wildman–Crippen LogP) is 1.66. The van der Waals surface area contributed by atoms with Crippen LogP contribution in [0.2, 0.25) is 0 Å². The Kier molecular flexibility index (Phi) is 5.49. The third-order valence-electron chi connectivity index (χ3n) is 1.74. The summed E-state index contributed by atoms with van der Waals surface area (Å²) in [6, 6.07) is 0. The molecular formula is C7H15BF4N3-. The van der Waals surface area contributed by atoms with E-state index in [9.17, 15) is 17.3 Å². The second kappa shape index (κ2) is 5.84. The molecule has 15 heavy (non-hydrogen) atoms. The first-order valence-electron chi connectivity index (χ1n) is 4.51. The Morgan fingerprint density at radius 2 is 1.80 bits per heavy atom. The zero-order valence-corrected chi connectivity index (χ0v) is 8.71. The van der Waals surface area contributed by atoms with E-state index in [1.165, 1.54) is 0 Å². The monoisotopic (exact) mass is 228 g/mol. The highest BCUT2D eigenvalue weighted by atomic mass is 19.5. The number of nitrogens with zero attached hydrogens (tertiary/aromatic N) is 2. The van der Waals surface area contributed by atoms with Crippen LogP contribution >= 0.6 is 0 Å². The van der Waals surface area contributed by atoms with Gasteiger partial charge in [0.2, 0.25) is 0 Å². The van der Waals surface area contributed by atoms with E-state index in [1.54, 1.807) is 0 Å². The molecular weight excluding hydrogens is 213 g/mol. The minimum atomic E-state index is -6.00. The molecule has 1 aliphatic heterocycles. The van der Waals surface area contributed by atoms with Crippen LogP contribution in [0.25, 0.3) is 0 Å². The van der Waals surface area contributed by atoms with Crippen LogP contribution in [0.5, 0.6) is 0 Å². The molecule has 0 aromatic rings. The molecule has 0 bridgehead atoms. The van der Waals surface area contributed by atoms with E-state index in [0.717, 1.165) is 13.1 Å². The Morgan fingerprint density at radius 1 is 1.33 bits per heavy atom. The van der Waals surface area contributed by atoms with Gasteiger partial charge in [-0.25, -0.2) is 0 Å². The lowest BCUT2D eigenvalue weighted by Crippen LogP contribution is -2.38. The molecule has 1 heterocycles. The molecule has 1 unspecified atom stereocenters. The Balaban J connectivity index is 0.000000336. The summed E-state index contributed by atoms with van der Waals surface area (Å²) < 4.78 is 39.0. The number of rotatable bonds is 2. The highest BCUT2D eigenvalue weighted by Gasteiger charge is 2.20. The van der Waals surface area contributed by atoms with Crippen molar-refractivity contribution in [3.8, 4) is 0 Å². The topological polar surface area (TPSA) is 32.5 Å². The molecule has 1 rings (SSSR count). The van der Waals surface area contributed by atoms with E-state index in [1.807, 2.05) is 19.4 Å². The highest BCUT2D eigenvalue weighted by molar-refractivity contribution is 6.50. The van der Waals surface area contributed by atoms with E-state index < -0.39 is 7.25 Å². The Morgan fingerprint density at radius 3 is 2.07 bits per heavy atom. The second-order valence-electron chi connectivity index (χ2n) is 3.18. The molecule has 0 aromatic carbocycles. The van der Waals surface area contributed by atoms with Crippen LogP contribution in [-0.4, -0.2) is 36.9 Å². The number of halogens is 4. The van der Waals surface area contributed by atoms with E-state index in [-0.39, 0.29) is 6.17 Å².